The lowest BCUT2D eigenvalue weighted by Gasteiger charge is -2.03. The molecule has 0 saturated carbocycles. The average Bonchev–Trinajstić information content (AvgIpc) is 2.17. The second-order valence-electron chi connectivity index (χ2n) is 3.33. The van der Waals surface area contributed by atoms with Gasteiger partial charge in [0.2, 0.25) is 0 Å². The van der Waals surface area contributed by atoms with Crippen LogP contribution in [0.5, 0.6) is 0 Å². The smallest absolute Gasteiger partial charge is 0.0890 e. The molecule has 0 spiro atoms. The summed E-state index contributed by atoms with van der Waals surface area (Å²) in [6, 6.07) is 7.84. The van der Waals surface area contributed by atoms with E-state index < -0.39 is 0 Å². The molecule has 1 atom stereocenters. The zero-order valence-electron chi connectivity index (χ0n) is 7.94. The molecule has 0 amide bonds. The number of alkyl halides is 1. The third-order valence-corrected chi connectivity index (χ3v) is 2.14. The van der Waals surface area contributed by atoms with Gasteiger partial charge in [0.25, 0.3) is 0 Å². The maximum absolute atomic E-state index is 5.90. The zero-order valence-corrected chi connectivity index (χ0v) is 8.70. The van der Waals surface area contributed by atoms with E-state index in [9.17, 15) is 0 Å². The minimum absolute atomic E-state index is 0.102. The van der Waals surface area contributed by atoms with Crippen molar-refractivity contribution in [2.75, 3.05) is 0 Å². The average molecular weight is 207 g/mol. The van der Waals surface area contributed by atoms with Gasteiger partial charge in [-0.15, -0.1) is 11.6 Å². The Kier molecular flexibility index (Phi) is 2.64. The molecule has 0 fully saturated rings. The highest BCUT2D eigenvalue weighted by molar-refractivity contribution is 6.20. The zero-order chi connectivity index (χ0) is 9.97. The van der Waals surface area contributed by atoms with Gasteiger partial charge in [-0.05, 0) is 19.1 Å². The molecule has 1 aromatic carbocycles. The highest BCUT2D eigenvalue weighted by Crippen LogP contribution is 2.10. The van der Waals surface area contributed by atoms with E-state index in [4.69, 9.17) is 11.6 Å². The molecule has 2 aromatic rings. The molecule has 0 aliphatic carbocycles. The summed E-state index contributed by atoms with van der Waals surface area (Å²) in [4.78, 5) is 8.78. The van der Waals surface area contributed by atoms with Crippen molar-refractivity contribution in [3.05, 3.63) is 36.2 Å². The Morgan fingerprint density at radius 1 is 1.29 bits per heavy atom. The quantitative estimate of drug-likeness (QED) is 0.707. The molecule has 0 radical (unpaired) electrons. The number of benzene rings is 1. The summed E-state index contributed by atoms with van der Waals surface area (Å²) in [5.41, 5.74) is 2.81. The van der Waals surface area contributed by atoms with Gasteiger partial charge in [-0.1, -0.05) is 12.1 Å². The normalized spacial score (nSPS) is 13.0. The van der Waals surface area contributed by atoms with E-state index in [0.717, 1.165) is 23.1 Å². The molecule has 72 valence electrons. The molecule has 3 heteroatoms. The fourth-order valence-electron chi connectivity index (χ4n) is 1.38. The maximum atomic E-state index is 5.90. The van der Waals surface area contributed by atoms with Gasteiger partial charge in [-0.3, -0.25) is 4.98 Å². The van der Waals surface area contributed by atoms with Gasteiger partial charge in [0, 0.05) is 18.0 Å². The van der Waals surface area contributed by atoms with Crippen LogP contribution in [0.3, 0.4) is 0 Å². The van der Waals surface area contributed by atoms with Gasteiger partial charge in [0.15, 0.2) is 0 Å². The van der Waals surface area contributed by atoms with E-state index >= 15 is 0 Å². The molecule has 2 nitrogen and oxygen atoms in total. The van der Waals surface area contributed by atoms with Gasteiger partial charge >= 0.3 is 0 Å². The Bertz CT molecular complexity index is 440. The summed E-state index contributed by atoms with van der Waals surface area (Å²) < 4.78 is 0. The van der Waals surface area contributed by atoms with Crippen LogP contribution in [-0.4, -0.2) is 15.3 Å². The summed E-state index contributed by atoms with van der Waals surface area (Å²) >= 11 is 5.90. The summed E-state index contributed by atoms with van der Waals surface area (Å²) in [6.45, 7) is 1.96. The van der Waals surface area contributed by atoms with Crippen LogP contribution in [0.1, 0.15) is 12.6 Å². The SMILES string of the molecule is CC(Cl)Cc1cnc2ccccc2n1. The monoisotopic (exact) mass is 206 g/mol. The van der Waals surface area contributed by atoms with E-state index in [0.29, 0.717) is 0 Å². The van der Waals surface area contributed by atoms with Crippen LogP contribution in [0.2, 0.25) is 0 Å². The number of fused-ring (bicyclic) bond motifs is 1. The first-order valence-corrected chi connectivity index (χ1v) is 5.04. The molecule has 1 aromatic heterocycles. The lowest BCUT2D eigenvalue weighted by Crippen LogP contribution is -2.00. The molecule has 0 bridgehead atoms. The fraction of sp³-hybridized carbons (Fsp3) is 0.273. The Balaban J connectivity index is 2.41. The van der Waals surface area contributed by atoms with Gasteiger partial charge in [0.1, 0.15) is 0 Å². The summed E-state index contributed by atoms with van der Waals surface area (Å²) in [6.07, 6.45) is 2.56. The van der Waals surface area contributed by atoms with E-state index in [1.54, 1.807) is 6.20 Å². The molecule has 1 unspecified atom stereocenters. The number of para-hydroxylation sites is 2. The summed E-state index contributed by atoms with van der Waals surface area (Å²) in [5, 5.41) is 0.102. The first kappa shape index (κ1) is 9.41. The maximum Gasteiger partial charge on any atom is 0.0890 e. The minimum Gasteiger partial charge on any atom is -0.253 e. The van der Waals surface area contributed by atoms with Crippen LogP contribution in [0.4, 0.5) is 0 Å². The number of rotatable bonds is 2. The predicted molar refractivity (Wildman–Crippen MR) is 58.6 cm³/mol. The van der Waals surface area contributed by atoms with Crippen molar-refractivity contribution in [2.45, 2.75) is 18.7 Å². The van der Waals surface area contributed by atoms with Gasteiger partial charge < -0.3 is 0 Å². The standard InChI is InChI=1S/C11H11ClN2/c1-8(12)6-9-7-13-10-4-2-3-5-11(10)14-9/h2-5,7-8H,6H2,1H3. The van der Waals surface area contributed by atoms with Crippen molar-refractivity contribution in [2.24, 2.45) is 0 Å². The van der Waals surface area contributed by atoms with Crippen molar-refractivity contribution in [1.29, 1.82) is 0 Å². The van der Waals surface area contributed by atoms with E-state index in [1.807, 2.05) is 31.2 Å². The number of hydrogen-bond acceptors (Lipinski definition) is 2. The molecule has 1 heterocycles. The second-order valence-corrected chi connectivity index (χ2v) is 4.08. The molecule has 0 aliphatic rings. The Hall–Kier alpha value is -1.15. The molecule has 14 heavy (non-hydrogen) atoms. The number of halogens is 1. The lowest BCUT2D eigenvalue weighted by molar-refractivity contribution is 0.890. The van der Waals surface area contributed by atoms with Crippen molar-refractivity contribution in [3.8, 4) is 0 Å². The van der Waals surface area contributed by atoms with Crippen LogP contribution in [0.25, 0.3) is 11.0 Å². The summed E-state index contributed by atoms with van der Waals surface area (Å²) in [7, 11) is 0. The topological polar surface area (TPSA) is 25.8 Å². The largest absolute Gasteiger partial charge is 0.253 e. The van der Waals surface area contributed by atoms with E-state index in [1.165, 1.54) is 0 Å². The summed E-state index contributed by atoms with van der Waals surface area (Å²) in [5.74, 6) is 0. The number of aromatic nitrogens is 2. The Labute approximate surface area is 88.0 Å². The Morgan fingerprint density at radius 3 is 2.71 bits per heavy atom. The molecule has 0 N–H and O–H groups in total. The number of hydrogen-bond donors (Lipinski definition) is 0. The molecule has 0 aliphatic heterocycles. The first-order chi connectivity index (χ1) is 6.75. The van der Waals surface area contributed by atoms with Crippen molar-refractivity contribution >= 4 is 22.6 Å². The second kappa shape index (κ2) is 3.93. The third kappa shape index (κ3) is 2.02. The highest BCUT2D eigenvalue weighted by Gasteiger charge is 2.02. The lowest BCUT2D eigenvalue weighted by atomic mass is 10.2. The molecular formula is C11H11ClN2. The van der Waals surface area contributed by atoms with Gasteiger partial charge in [0.05, 0.1) is 16.7 Å². The predicted octanol–water partition coefficient (Wildman–Crippen LogP) is 2.80. The van der Waals surface area contributed by atoms with E-state index in [-0.39, 0.29) is 5.38 Å². The fourth-order valence-corrected chi connectivity index (χ4v) is 1.54. The van der Waals surface area contributed by atoms with Crippen molar-refractivity contribution in [1.82, 2.24) is 9.97 Å². The van der Waals surface area contributed by atoms with Crippen molar-refractivity contribution < 1.29 is 0 Å². The molecular weight excluding hydrogens is 196 g/mol. The van der Waals surface area contributed by atoms with Crippen LogP contribution < -0.4 is 0 Å². The molecule has 0 saturated heterocycles. The first-order valence-electron chi connectivity index (χ1n) is 4.60. The van der Waals surface area contributed by atoms with E-state index in [2.05, 4.69) is 9.97 Å². The van der Waals surface area contributed by atoms with Crippen molar-refractivity contribution in [3.63, 3.8) is 0 Å². The Morgan fingerprint density at radius 2 is 2.00 bits per heavy atom. The molecule has 2 rings (SSSR count). The van der Waals surface area contributed by atoms with Gasteiger partial charge in [-0.25, -0.2) is 4.98 Å². The minimum atomic E-state index is 0.102. The van der Waals surface area contributed by atoms with Gasteiger partial charge in [-0.2, -0.15) is 0 Å². The highest BCUT2D eigenvalue weighted by atomic mass is 35.5. The van der Waals surface area contributed by atoms with Crippen LogP contribution in [-0.2, 0) is 6.42 Å². The van der Waals surface area contributed by atoms with Crippen LogP contribution >= 0.6 is 11.6 Å². The van der Waals surface area contributed by atoms with Crippen LogP contribution in [0, 0.1) is 0 Å². The third-order valence-electron chi connectivity index (χ3n) is 1.99. The van der Waals surface area contributed by atoms with Crippen LogP contribution in [0.15, 0.2) is 30.5 Å². The number of nitrogens with zero attached hydrogens (tertiary/aromatic N) is 2.